The van der Waals surface area contributed by atoms with Crippen molar-refractivity contribution in [3.8, 4) is 10.8 Å². The summed E-state index contributed by atoms with van der Waals surface area (Å²) >= 11 is 1.62. The number of thiophene rings is 1. The SMILES string of the molecule is CN=C(NCc1coc(-c2cccs2)n1)NCC(CC(C)C)N1CCOCC1.I. The molecule has 1 saturated heterocycles. The lowest BCUT2D eigenvalue weighted by Crippen LogP contribution is -2.51. The van der Waals surface area contributed by atoms with Crippen molar-refractivity contribution in [3.05, 3.63) is 29.5 Å². The Balaban J connectivity index is 0.00000300. The summed E-state index contributed by atoms with van der Waals surface area (Å²) in [5.74, 6) is 2.09. The highest BCUT2D eigenvalue weighted by Gasteiger charge is 2.22. The summed E-state index contributed by atoms with van der Waals surface area (Å²) in [6.45, 7) is 9.61. The minimum atomic E-state index is 0. The van der Waals surface area contributed by atoms with Gasteiger partial charge in [-0.15, -0.1) is 35.3 Å². The average Bonchev–Trinajstić information content (AvgIpc) is 3.39. The molecule has 29 heavy (non-hydrogen) atoms. The number of oxazole rings is 1. The van der Waals surface area contributed by atoms with Gasteiger partial charge in [0.15, 0.2) is 5.96 Å². The quantitative estimate of drug-likeness (QED) is 0.308. The fraction of sp³-hybridized carbons (Fsp3) is 0.600. The van der Waals surface area contributed by atoms with Crippen LogP contribution in [0.3, 0.4) is 0 Å². The fourth-order valence-corrected chi connectivity index (χ4v) is 4.01. The second kappa shape index (κ2) is 12.5. The van der Waals surface area contributed by atoms with Gasteiger partial charge in [-0.1, -0.05) is 19.9 Å². The summed E-state index contributed by atoms with van der Waals surface area (Å²) in [7, 11) is 1.79. The summed E-state index contributed by atoms with van der Waals surface area (Å²) < 4.78 is 11.1. The minimum absolute atomic E-state index is 0. The van der Waals surface area contributed by atoms with Crippen LogP contribution in [0.15, 0.2) is 33.2 Å². The maximum absolute atomic E-state index is 5.58. The standard InChI is InChI=1S/C20H31N5O2S.HI/c1-15(2)11-17(25-6-8-26-9-7-25)13-23-20(21-3)22-12-16-14-27-19(24-16)18-5-4-10-28-18;/h4-5,10,14-15,17H,6-9,11-13H2,1-3H3,(H2,21,22,23);1H. The van der Waals surface area contributed by atoms with E-state index >= 15 is 0 Å². The van der Waals surface area contributed by atoms with Crippen molar-refractivity contribution in [1.29, 1.82) is 0 Å². The molecule has 0 radical (unpaired) electrons. The van der Waals surface area contributed by atoms with Gasteiger partial charge in [-0.3, -0.25) is 9.89 Å². The van der Waals surface area contributed by atoms with E-state index in [0.29, 0.717) is 24.4 Å². The topological polar surface area (TPSA) is 74.9 Å². The number of aliphatic imine (C=N–C) groups is 1. The molecule has 0 spiro atoms. The van der Waals surface area contributed by atoms with E-state index in [2.05, 4.69) is 39.4 Å². The highest BCUT2D eigenvalue weighted by Crippen LogP contribution is 2.23. The molecule has 1 aliphatic rings. The molecule has 3 rings (SSSR count). The summed E-state index contributed by atoms with van der Waals surface area (Å²) in [5, 5.41) is 8.83. The molecule has 3 heterocycles. The van der Waals surface area contributed by atoms with Crippen LogP contribution in [0.1, 0.15) is 26.0 Å². The van der Waals surface area contributed by atoms with Gasteiger partial charge in [0.2, 0.25) is 5.89 Å². The molecular formula is C20H32IN5O2S. The molecule has 0 aliphatic carbocycles. The zero-order valence-corrected chi connectivity index (χ0v) is 20.5. The number of aromatic nitrogens is 1. The van der Waals surface area contributed by atoms with Crippen LogP contribution in [0.2, 0.25) is 0 Å². The number of rotatable bonds is 8. The molecule has 0 bridgehead atoms. The molecule has 2 aromatic rings. The third-order valence-electron chi connectivity index (χ3n) is 4.75. The smallest absolute Gasteiger partial charge is 0.236 e. The number of nitrogens with zero attached hydrogens (tertiary/aromatic N) is 3. The molecule has 1 fully saturated rings. The first-order valence-corrected chi connectivity index (χ1v) is 10.8. The minimum Gasteiger partial charge on any atom is -0.443 e. The Morgan fingerprint density at radius 2 is 2.10 bits per heavy atom. The van der Waals surface area contributed by atoms with Crippen LogP contribution >= 0.6 is 35.3 Å². The third-order valence-corrected chi connectivity index (χ3v) is 5.61. The van der Waals surface area contributed by atoms with Crippen molar-refractivity contribution in [2.24, 2.45) is 10.9 Å². The van der Waals surface area contributed by atoms with Crippen LogP contribution in [0.5, 0.6) is 0 Å². The van der Waals surface area contributed by atoms with Crippen LogP contribution < -0.4 is 10.6 Å². The van der Waals surface area contributed by atoms with E-state index in [0.717, 1.165) is 55.8 Å². The number of hydrogen-bond acceptors (Lipinski definition) is 6. The van der Waals surface area contributed by atoms with Gasteiger partial charge in [-0.25, -0.2) is 4.98 Å². The van der Waals surface area contributed by atoms with Gasteiger partial charge in [-0.2, -0.15) is 0 Å². The molecule has 0 saturated carbocycles. The monoisotopic (exact) mass is 533 g/mol. The van der Waals surface area contributed by atoms with Crippen LogP contribution in [0.4, 0.5) is 0 Å². The predicted molar refractivity (Wildman–Crippen MR) is 129 cm³/mol. The van der Waals surface area contributed by atoms with E-state index in [9.17, 15) is 0 Å². The Morgan fingerprint density at radius 1 is 1.31 bits per heavy atom. The van der Waals surface area contributed by atoms with Crippen LogP contribution in [0, 0.1) is 5.92 Å². The molecule has 2 N–H and O–H groups in total. The average molecular weight is 533 g/mol. The Hall–Kier alpha value is -1.17. The fourth-order valence-electron chi connectivity index (χ4n) is 3.36. The Labute approximate surface area is 194 Å². The van der Waals surface area contributed by atoms with E-state index in [-0.39, 0.29) is 24.0 Å². The van der Waals surface area contributed by atoms with Crippen molar-refractivity contribution in [1.82, 2.24) is 20.5 Å². The third kappa shape index (κ3) is 7.54. The summed E-state index contributed by atoms with van der Waals surface area (Å²) in [5.41, 5.74) is 0.859. The first-order valence-electron chi connectivity index (χ1n) is 9.90. The Bertz CT molecular complexity index is 729. The molecule has 9 heteroatoms. The van der Waals surface area contributed by atoms with Crippen LogP contribution in [-0.2, 0) is 11.3 Å². The largest absolute Gasteiger partial charge is 0.443 e. The lowest BCUT2D eigenvalue weighted by molar-refractivity contribution is 0.0132. The van der Waals surface area contributed by atoms with E-state index < -0.39 is 0 Å². The summed E-state index contributed by atoms with van der Waals surface area (Å²) in [6.07, 6.45) is 2.85. The number of nitrogens with one attached hydrogen (secondary N) is 2. The van der Waals surface area contributed by atoms with Gasteiger partial charge in [0.25, 0.3) is 0 Å². The number of ether oxygens (including phenoxy) is 1. The van der Waals surface area contributed by atoms with Gasteiger partial charge in [0, 0.05) is 32.7 Å². The summed E-state index contributed by atoms with van der Waals surface area (Å²) in [6, 6.07) is 4.48. The zero-order valence-electron chi connectivity index (χ0n) is 17.4. The van der Waals surface area contributed by atoms with Crippen molar-refractivity contribution in [3.63, 3.8) is 0 Å². The first-order chi connectivity index (χ1) is 13.7. The molecule has 0 aromatic carbocycles. The zero-order chi connectivity index (χ0) is 19.8. The Kier molecular flexibility index (Phi) is 10.4. The Morgan fingerprint density at radius 3 is 2.76 bits per heavy atom. The highest BCUT2D eigenvalue weighted by atomic mass is 127. The maximum atomic E-state index is 5.58. The molecule has 2 aromatic heterocycles. The normalized spacial score (nSPS) is 16.5. The number of hydrogen-bond donors (Lipinski definition) is 2. The maximum Gasteiger partial charge on any atom is 0.236 e. The van der Waals surface area contributed by atoms with Gasteiger partial charge >= 0.3 is 0 Å². The number of morpholine rings is 1. The van der Waals surface area contributed by atoms with Crippen molar-refractivity contribution in [2.75, 3.05) is 39.9 Å². The number of halogens is 1. The van der Waals surface area contributed by atoms with E-state index in [1.165, 1.54) is 0 Å². The van der Waals surface area contributed by atoms with Gasteiger partial charge in [-0.05, 0) is 23.8 Å². The molecule has 1 aliphatic heterocycles. The number of guanidine groups is 1. The second-order valence-corrected chi connectivity index (χ2v) is 8.31. The predicted octanol–water partition coefficient (Wildman–Crippen LogP) is 3.43. The van der Waals surface area contributed by atoms with E-state index in [4.69, 9.17) is 9.15 Å². The van der Waals surface area contributed by atoms with E-state index in [1.807, 2.05) is 17.5 Å². The van der Waals surface area contributed by atoms with Crippen LogP contribution in [-0.4, -0.2) is 61.8 Å². The first kappa shape index (κ1) is 24.1. The van der Waals surface area contributed by atoms with Gasteiger partial charge in [0.05, 0.1) is 30.3 Å². The molecule has 7 nitrogen and oxygen atoms in total. The summed E-state index contributed by atoms with van der Waals surface area (Å²) in [4.78, 5) is 12.5. The second-order valence-electron chi connectivity index (χ2n) is 7.36. The van der Waals surface area contributed by atoms with Crippen molar-refractivity contribution >= 4 is 41.3 Å². The van der Waals surface area contributed by atoms with E-state index in [1.54, 1.807) is 24.6 Å². The lowest BCUT2D eigenvalue weighted by Gasteiger charge is -2.35. The van der Waals surface area contributed by atoms with Crippen LogP contribution in [0.25, 0.3) is 10.8 Å². The highest BCUT2D eigenvalue weighted by molar-refractivity contribution is 14.0. The lowest BCUT2D eigenvalue weighted by atomic mass is 10.0. The van der Waals surface area contributed by atoms with Gasteiger partial charge < -0.3 is 19.8 Å². The van der Waals surface area contributed by atoms with Gasteiger partial charge in [0.1, 0.15) is 6.26 Å². The molecule has 162 valence electrons. The molecule has 1 unspecified atom stereocenters. The molecular weight excluding hydrogens is 501 g/mol. The van der Waals surface area contributed by atoms with Crippen molar-refractivity contribution < 1.29 is 9.15 Å². The van der Waals surface area contributed by atoms with Crippen molar-refractivity contribution in [2.45, 2.75) is 32.9 Å². The molecule has 1 atom stereocenters. The molecule has 0 amide bonds.